The van der Waals surface area contributed by atoms with Crippen molar-refractivity contribution in [3.8, 4) is 11.4 Å². The summed E-state index contributed by atoms with van der Waals surface area (Å²) in [5.74, 6) is -0.315. The molecule has 42 heavy (non-hydrogen) atoms. The third-order valence-corrected chi connectivity index (χ3v) is 10.0. The number of carbonyl (C=O) groups excluding carboxylic acids is 1. The van der Waals surface area contributed by atoms with Crippen LogP contribution in [0.1, 0.15) is 116 Å². The van der Waals surface area contributed by atoms with Crippen molar-refractivity contribution < 1.29 is 13.2 Å². The van der Waals surface area contributed by atoms with Crippen molar-refractivity contribution >= 4 is 33.0 Å². The lowest BCUT2D eigenvalue weighted by Gasteiger charge is -2.16. The normalized spacial score (nSPS) is 13.1. The third kappa shape index (κ3) is 9.83. The van der Waals surface area contributed by atoms with Crippen LogP contribution in [0.3, 0.4) is 0 Å². The average molecular weight is 620 g/mol. The van der Waals surface area contributed by atoms with Gasteiger partial charge < -0.3 is 5.32 Å². The molecule has 0 radical (unpaired) electrons. The number of sulfone groups is 1. The lowest BCUT2D eigenvalue weighted by atomic mass is 9.92. The van der Waals surface area contributed by atoms with E-state index in [1.54, 1.807) is 11.6 Å². The average Bonchev–Trinajstić information content (AvgIpc) is 3.48. The van der Waals surface area contributed by atoms with Gasteiger partial charge in [0, 0.05) is 23.4 Å². The second kappa shape index (κ2) is 15.4. The standard InChI is InChI=1S/C32H50ClN5O3S/c1-7-8-9-10-11-12-13-14-15-16-19-42(40,41)22-24(3)31(39)34-21-25-18-17-23(2)26(20-25)29-35-30-27(33)28(32(4,5)6)36-38(30)37-29/h17-18,20,24,36H,7-16,19,21-22H2,1-6H3,(H,34,39). The summed E-state index contributed by atoms with van der Waals surface area (Å²) in [6.07, 6.45) is 11.6. The number of hydrogen-bond donors (Lipinski definition) is 2. The first-order chi connectivity index (χ1) is 19.8. The van der Waals surface area contributed by atoms with E-state index < -0.39 is 15.8 Å². The zero-order valence-corrected chi connectivity index (χ0v) is 27.9. The van der Waals surface area contributed by atoms with Crippen LogP contribution in [0.2, 0.25) is 5.02 Å². The highest BCUT2D eigenvalue weighted by Gasteiger charge is 2.25. The van der Waals surface area contributed by atoms with Crippen LogP contribution < -0.4 is 5.32 Å². The first-order valence-electron chi connectivity index (χ1n) is 15.5. The molecular formula is C32H50ClN5O3S. The summed E-state index contributed by atoms with van der Waals surface area (Å²) < 4.78 is 26.9. The Hall–Kier alpha value is -2.39. The highest BCUT2D eigenvalue weighted by Crippen LogP contribution is 2.32. The van der Waals surface area contributed by atoms with Gasteiger partial charge in [-0.2, -0.15) is 4.63 Å². The lowest BCUT2D eigenvalue weighted by Crippen LogP contribution is -2.33. The van der Waals surface area contributed by atoms with Crippen LogP contribution in [0.15, 0.2) is 18.2 Å². The Morgan fingerprint density at radius 1 is 1.05 bits per heavy atom. The van der Waals surface area contributed by atoms with Crippen LogP contribution in [0.5, 0.6) is 0 Å². The molecule has 0 saturated carbocycles. The van der Waals surface area contributed by atoms with Gasteiger partial charge in [0.25, 0.3) is 0 Å². The summed E-state index contributed by atoms with van der Waals surface area (Å²) in [4.78, 5) is 17.4. The number of fused-ring (bicyclic) bond motifs is 1. The molecule has 0 aliphatic rings. The summed E-state index contributed by atoms with van der Waals surface area (Å²) in [6, 6.07) is 5.86. The minimum atomic E-state index is -3.28. The Labute approximate surface area is 257 Å². The molecule has 1 atom stereocenters. The Balaban J connectivity index is 1.47. The molecule has 2 N–H and O–H groups in total. The molecular weight excluding hydrogens is 570 g/mol. The molecule has 3 rings (SSSR count). The number of benzene rings is 1. The van der Waals surface area contributed by atoms with E-state index >= 15 is 0 Å². The van der Waals surface area contributed by atoms with E-state index in [0.29, 0.717) is 22.9 Å². The Morgan fingerprint density at radius 3 is 2.26 bits per heavy atom. The molecule has 0 saturated heterocycles. The number of nitrogens with zero attached hydrogens (tertiary/aromatic N) is 3. The number of carbonyl (C=O) groups is 1. The number of H-pyrrole nitrogens is 1. The number of halogens is 1. The molecule has 2 aromatic heterocycles. The molecule has 10 heteroatoms. The molecule has 0 spiro atoms. The van der Waals surface area contributed by atoms with E-state index in [-0.39, 0.29) is 29.4 Å². The lowest BCUT2D eigenvalue weighted by molar-refractivity contribution is -0.124. The fraction of sp³-hybridized carbons (Fsp3) is 0.656. The predicted octanol–water partition coefficient (Wildman–Crippen LogP) is 7.57. The van der Waals surface area contributed by atoms with Gasteiger partial charge in [-0.3, -0.25) is 9.89 Å². The van der Waals surface area contributed by atoms with Crippen molar-refractivity contribution in [3.05, 3.63) is 40.0 Å². The van der Waals surface area contributed by atoms with Crippen LogP contribution in [-0.4, -0.2) is 45.6 Å². The van der Waals surface area contributed by atoms with Crippen molar-refractivity contribution in [1.29, 1.82) is 0 Å². The number of rotatable bonds is 17. The van der Waals surface area contributed by atoms with Crippen molar-refractivity contribution in [1.82, 2.24) is 25.1 Å². The second-order valence-corrected chi connectivity index (χ2v) is 15.4. The summed E-state index contributed by atoms with van der Waals surface area (Å²) in [5, 5.41) is 11.3. The number of unbranched alkanes of at least 4 members (excludes halogenated alkanes) is 9. The highest BCUT2D eigenvalue weighted by molar-refractivity contribution is 7.91. The van der Waals surface area contributed by atoms with Crippen LogP contribution >= 0.6 is 11.6 Å². The maximum atomic E-state index is 12.8. The maximum Gasteiger partial charge on any atom is 0.224 e. The van der Waals surface area contributed by atoms with Gasteiger partial charge in [0.1, 0.15) is 5.02 Å². The number of hydrogen-bond acceptors (Lipinski definition) is 5. The quantitative estimate of drug-likeness (QED) is 0.151. The zero-order chi connectivity index (χ0) is 30.9. The Bertz CT molecular complexity index is 1420. The number of aromatic amines is 1. The largest absolute Gasteiger partial charge is 0.352 e. The van der Waals surface area contributed by atoms with E-state index in [9.17, 15) is 13.2 Å². The molecule has 0 bridgehead atoms. The summed E-state index contributed by atoms with van der Waals surface area (Å²) in [7, 11) is -3.28. The van der Waals surface area contributed by atoms with Gasteiger partial charge in [0.2, 0.25) is 5.91 Å². The first-order valence-corrected chi connectivity index (χ1v) is 17.7. The second-order valence-electron chi connectivity index (χ2n) is 12.8. The van der Waals surface area contributed by atoms with Crippen LogP contribution in [0, 0.1) is 12.8 Å². The van der Waals surface area contributed by atoms with Gasteiger partial charge >= 0.3 is 0 Å². The maximum absolute atomic E-state index is 12.8. The van der Waals surface area contributed by atoms with Crippen molar-refractivity contribution in [2.45, 2.75) is 118 Å². The van der Waals surface area contributed by atoms with E-state index in [1.165, 1.54) is 44.9 Å². The molecule has 2 heterocycles. The predicted molar refractivity (Wildman–Crippen MR) is 173 cm³/mol. The molecule has 1 aromatic carbocycles. The Kier molecular flexibility index (Phi) is 12.5. The van der Waals surface area contributed by atoms with Gasteiger partial charge in [-0.1, -0.05) is 116 Å². The van der Waals surface area contributed by atoms with Gasteiger partial charge in [-0.15, -0.1) is 5.10 Å². The zero-order valence-electron chi connectivity index (χ0n) is 26.4. The van der Waals surface area contributed by atoms with E-state index in [1.807, 2.05) is 25.1 Å². The number of aromatic nitrogens is 4. The fourth-order valence-corrected chi connectivity index (χ4v) is 7.31. The molecule has 0 aliphatic carbocycles. The molecule has 234 valence electrons. The minimum Gasteiger partial charge on any atom is -0.352 e. The number of amides is 1. The molecule has 0 fully saturated rings. The Morgan fingerprint density at radius 2 is 1.67 bits per heavy atom. The highest BCUT2D eigenvalue weighted by atomic mass is 35.5. The molecule has 1 amide bonds. The molecule has 0 aliphatic heterocycles. The van der Waals surface area contributed by atoms with Crippen molar-refractivity contribution in [2.75, 3.05) is 11.5 Å². The van der Waals surface area contributed by atoms with E-state index in [0.717, 1.165) is 35.2 Å². The van der Waals surface area contributed by atoms with Gasteiger partial charge in [-0.05, 0) is 30.5 Å². The monoisotopic (exact) mass is 619 g/mol. The fourth-order valence-electron chi connectivity index (χ4n) is 5.14. The van der Waals surface area contributed by atoms with Gasteiger partial charge in [0.05, 0.1) is 17.2 Å². The molecule has 3 aromatic rings. The number of aryl methyl sites for hydroxylation is 1. The van der Waals surface area contributed by atoms with E-state index in [2.05, 4.69) is 48.2 Å². The van der Waals surface area contributed by atoms with Crippen LogP contribution in [0.25, 0.3) is 17.0 Å². The SMILES string of the molecule is CCCCCCCCCCCCS(=O)(=O)CC(C)C(=O)NCc1ccc(C)c(-c2nc3c(Cl)c(C(C)(C)C)[nH]n3n2)c1. The van der Waals surface area contributed by atoms with Crippen LogP contribution in [-0.2, 0) is 26.6 Å². The molecule has 1 unspecified atom stereocenters. The summed E-state index contributed by atoms with van der Waals surface area (Å²) in [5.41, 5.74) is 4.00. The smallest absolute Gasteiger partial charge is 0.224 e. The number of nitrogens with one attached hydrogen (secondary N) is 2. The molecule has 8 nitrogen and oxygen atoms in total. The van der Waals surface area contributed by atoms with Gasteiger partial charge in [0.15, 0.2) is 21.3 Å². The minimum absolute atomic E-state index is 0.128. The van der Waals surface area contributed by atoms with Crippen molar-refractivity contribution in [3.63, 3.8) is 0 Å². The van der Waals surface area contributed by atoms with E-state index in [4.69, 9.17) is 11.6 Å². The first kappa shape index (κ1) is 34.1. The summed E-state index contributed by atoms with van der Waals surface area (Å²) in [6.45, 7) is 12.4. The third-order valence-electron chi connectivity index (χ3n) is 7.76. The summed E-state index contributed by atoms with van der Waals surface area (Å²) >= 11 is 6.60. The topological polar surface area (TPSA) is 109 Å². The van der Waals surface area contributed by atoms with Crippen molar-refractivity contribution in [2.24, 2.45) is 5.92 Å². The van der Waals surface area contributed by atoms with Crippen LogP contribution in [0.4, 0.5) is 0 Å². The van der Waals surface area contributed by atoms with Gasteiger partial charge in [-0.25, -0.2) is 13.4 Å².